The Balaban J connectivity index is 3.21. The number of rotatable bonds is 4. The first kappa shape index (κ1) is 12.5. The number of phenolic OH excluding ortho intramolecular Hbond substituents is 1. The molecule has 1 rings (SSSR count). The standard InChI is InChI=1S/C11H15NO4/c1-6-4-7(11(15)16)5-8(10(6)14)9(12)2-3-13/h4-5,9,13-14H,2-3,12H2,1H3,(H,15,16)/t9-/m1/s1. The number of hydrogen-bond donors (Lipinski definition) is 4. The Kier molecular flexibility index (Phi) is 3.87. The lowest BCUT2D eigenvalue weighted by molar-refractivity contribution is 0.0696. The number of aliphatic hydroxyl groups is 1. The van der Waals surface area contributed by atoms with Gasteiger partial charge in [-0.05, 0) is 31.0 Å². The topological polar surface area (TPSA) is 104 Å². The second-order valence-electron chi connectivity index (χ2n) is 3.65. The molecule has 0 aromatic heterocycles. The van der Waals surface area contributed by atoms with Gasteiger partial charge in [0.05, 0.1) is 5.56 Å². The van der Waals surface area contributed by atoms with Crippen LogP contribution in [0.2, 0.25) is 0 Å². The minimum absolute atomic E-state index is 0.00838. The summed E-state index contributed by atoms with van der Waals surface area (Å²) in [6.07, 6.45) is 0.274. The van der Waals surface area contributed by atoms with Gasteiger partial charge in [-0.1, -0.05) is 0 Å². The van der Waals surface area contributed by atoms with Gasteiger partial charge in [0, 0.05) is 18.2 Å². The van der Waals surface area contributed by atoms with Crippen LogP contribution in [-0.2, 0) is 0 Å². The van der Waals surface area contributed by atoms with Crippen molar-refractivity contribution in [2.75, 3.05) is 6.61 Å². The highest BCUT2D eigenvalue weighted by Gasteiger charge is 2.16. The fourth-order valence-corrected chi connectivity index (χ4v) is 1.51. The first-order valence-corrected chi connectivity index (χ1v) is 4.90. The summed E-state index contributed by atoms with van der Waals surface area (Å²) < 4.78 is 0. The third-order valence-corrected chi connectivity index (χ3v) is 2.42. The number of benzene rings is 1. The molecule has 0 unspecified atom stereocenters. The van der Waals surface area contributed by atoms with Crippen LogP contribution in [0.1, 0.15) is 33.9 Å². The number of nitrogens with two attached hydrogens (primary N) is 1. The Morgan fingerprint density at radius 2 is 2.12 bits per heavy atom. The van der Waals surface area contributed by atoms with Gasteiger partial charge in [-0.25, -0.2) is 4.79 Å². The molecule has 1 aromatic carbocycles. The Hall–Kier alpha value is -1.59. The smallest absolute Gasteiger partial charge is 0.335 e. The molecule has 5 nitrogen and oxygen atoms in total. The van der Waals surface area contributed by atoms with Crippen LogP contribution in [0, 0.1) is 6.92 Å². The van der Waals surface area contributed by atoms with Gasteiger partial charge < -0.3 is 21.1 Å². The molecule has 1 atom stereocenters. The number of carbonyl (C=O) groups is 1. The van der Waals surface area contributed by atoms with E-state index in [9.17, 15) is 9.90 Å². The van der Waals surface area contributed by atoms with Gasteiger partial charge in [-0.2, -0.15) is 0 Å². The molecule has 0 amide bonds. The maximum absolute atomic E-state index is 10.8. The zero-order chi connectivity index (χ0) is 12.3. The first-order chi connectivity index (χ1) is 7.47. The molecule has 5 heteroatoms. The van der Waals surface area contributed by atoms with Gasteiger partial charge in [-0.15, -0.1) is 0 Å². The number of carboxylic acids is 1. The van der Waals surface area contributed by atoms with Crippen LogP contribution in [0.4, 0.5) is 0 Å². The van der Waals surface area contributed by atoms with E-state index in [2.05, 4.69) is 0 Å². The fourth-order valence-electron chi connectivity index (χ4n) is 1.51. The van der Waals surface area contributed by atoms with E-state index in [-0.39, 0.29) is 24.3 Å². The number of phenols is 1. The molecule has 0 bridgehead atoms. The summed E-state index contributed by atoms with van der Waals surface area (Å²) in [6, 6.07) is 2.15. The van der Waals surface area contributed by atoms with Crippen molar-refractivity contribution in [3.05, 3.63) is 28.8 Å². The minimum Gasteiger partial charge on any atom is -0.507 e. The van der Waals surface area contributed by atoms with Crippen molar-refractivity contribution >= 4 is 5.97 Å². The third kappa shape index (κ3) is 2.50. The quantitative estimate of drug-likeness (QED) is 0.606. The van der Waals surface area contributed by atoms with E-state index >= 15 is 0 Å². The van der Waals surface area contributed by atoms with E-state index in [1.807, 2.05) is 0 Å². The number of aryl methyl sites for hydroxylation is 1. The normalized spacial score (nSPS) is 12.4. The highest BCUT2D eigenvalue weighted by Crippen LogP contribution is 2.29. The maximum Gasteiger partial charge on any atom is 0.335 e. The van der Waals surface area contributed by atoms with Crippen LogP contribution in [-0.4, -0.2) is 27.9 Å². The van der Waals surface area contributed by atoms with Gasteiger partial charge in [0.25, 0.3) is 0 Å². The zero-order valence-electron chi connectivity index (χ0n) is 8.97. The molecule has 0 saturated heterocycles. The van der Waals surface area contributed by atoms with Crippen LogP contribution in [0.15, 0.2) is 12.1 Å². The van der Waals surface area contributed by atoms with Gasteiger partial charge in [-0.3, -0.25) is 0 Å². The lowest BCUT2D eigenvalue weighted by Gasteiger charge is -2.14. The first-order valence-electron chi connectivity index (χ1n) is 4.90. The number of carboxylic acid groups (broad SMARTS) is 1. The molecule has 0 aliphatic carbocycles. The summed E-state index contributed by atoms with van der Waals surface area (Å²) in [4.78, 5) is 10.8. The highest BCUT2D eigenvalue weighted by molar-refractivity contribution is 5.88. The molecule has 5 N–H and O–H groups in total. The lowest BCUT2D eigenvalue weighted by Crippen LogP contribution is -2.13. The van der Waals surface area contributed by atoms with Crippen molar-refractivity contribution < 1.29 is 20.1 Å². The van der Waals surface area contributed by atoms with Gasteiger partial charge in [0.1, 0.15) is 5.75 Å². The van der Waals surface area contributed by atoms with E-state index in [1.165, 1.54) is 12.1 Å². The molecule has 0 heterocycles. The molecular weight excluding hydrogens is 210 g/mol. The molecule has 0 fully saturated rings. The van der Waals surface area contributed by atoms with Crippen molar-refractivity contribution in [1.29, 1.82) is 0 Å². The summed E-state index contributed by atoms with van der Waals surface area (Å²) in [5, 5.41) is 27.4. The molecule has 0 radical (unpaired) electrons. The largest absolute Gasteiger partial charge is 0.507 e. The number of aliphatic hydroxyl groups excluding tert-OH is 1. The van der Waals surface area contributed by atoms with Crippen LogP contribution in [0.25, 0.3) is 0 Å². The molecule has 0 aliphatic rings. The summed E-state index contributed by atoms with van der Waals surface area (Å²) in [7, 11) is 0. The SMILES string of the molecule is Cc1cc(C(=O)O)cc([C@H](N)CCO)c1O. The maximum atomic E-state index is 10.8. The second kappa shape index (κ2) is 4.96. The lowest BCUT2D eigenvalue weighted by atomic mass is 9.98. The summed E-state index contributed by atoms with van der Waals surface area (Å²) in [5.41, 5.74) is 6.63. The molecule has 0 aliphatic heterocycles. The monoisotopic (exact) mass is 225 g/mol. The molecule has 16 heavy (non-hydrogen) atoms. The Labute approximate surface area is 93.1 Å². The predicted octanol–water partition coefficient (Wildman–Crippen LogP) is 0.781. The van der Waals surface area contributed by atoms with Crippen molar-refractivity contribution in [2.24, 2.45) is 5.73 Å². The van der Waals surface area contributed by atoms with Gasteiger partial charge in [0.15, 0.2) is 0 Å². The molecule has 1 aromatic rings. The Morgan fingerprint density at radius 1 is 1.50 bits per heavy atom. The van der Waals surface area contributed by atoms with Crippen LogP contribution in [0.3, 0.4) is 0 Å². The Morgan fingerprint density at radius 3 is 2.62 bits per heavy atom. The van der Waals surface area contributed by atoms with Crippen molar-refractivity contribution in [2.45, 2.75) is 19.4 Å². The number of aromatic hydroxyl groups is 1. The van der Waals surface area contributed by atoms with E-state index in [1.54, 1.807) is 6.92 Å². The van der Waals surface area contributed by atoms with Crippen LogP contribution < -0.4 is 5.73 Å². The fraction of sp³-hybridized carbons (Fsp3) is 0.364. The van der Waals surface area contributed by atoms with Gasteiger partial charge in [0.2, 0.25) is 0 Å². The molecule has 0 spiro atoms. The Bertz CT molecular complexity index is 403. The summed E-state index contributed by atoms with van der Waals surface area (Å²) in [5.74, 6) is -1.08. The van der Waals surface area contributed by atoms with Crippen molar-refractivity contribution in [1.82, 2.24) is 0 Å². The van der Waals surface area contributed by atoms with E-state index in [0.717, 1.165) is 0 Å². The van der Waals surface area contributed by atoms with Crippen molar-refractivity contribution in [3.63, 3.8) is 0 Å². The highest BCUT2D eigenvalue weighted by atomic mass is 16.4. The second-order valence-corrected chi connectivity index (χ2v) is 3.65. The van der Waals surface area contributed by atoms with Crippen LogP contribution >= 0.6 is 0 Å². The van der Waals surface area contributed by atoms with E-state index in [0.29, 0.717) is 11.1 Å². The number of aromatic carboxylic acids is 1. The summed E-state index contributed by atoms with van der Waals surface area (Å²) in [6.45, 7) is 1.49. The third-order valence-electron chi connectivity index (χ3n) is 2.42. The van der Waals surface area contributed by atoms with Gasteiger partial charge >= 0.3 is 5.97 Å². The average Bonchev–Trinajstić information content (AvgIpc) is 2.21. The number of hydrogen-bond acceptors (Lipinski definition) is 4. The van der Waals surface area contributed by atoms with Crippen molar-refractivity contribution in [3.8, 4) is 5.75 Å². The zero-order valence-corrected chi connectivity index (χ0v) is 8.97. The van der Waals surface area contributed by atoms with Crippen LogP contribution in [0.5, 0.6) is 5.75 Å². The molecular formula is C11H15NO4. The summed E-state index contributed by atoms with van der Waals surface area (Å²) >= 11 is 0. The average molecular weight is 225 g/mol. The minimum atomic E-state index is -1.07. The molecule has 0 saturated carbocycles. The van der Waals surface area contributed by atoms with E-state index < -0.39 is 12.0 Å². The predicted molar refractivity (Wildman–Crippen MR) is 58.4 cm³/mol. The van der Waals surface area contributed by atoms with E-state index in [4.69, 9.17) is 15.9 Å². The molecule has 88 valence electrons.